The van der Waals surface area contributed by atoms with Gasteiger partial charge >= 0.3 is 0 Å². The minimum Gasteiger partial charge on any atom is -0.296 e. The largest absolute Gasteiger partial charge is 0.296 e. The molecule has 0 aromatic rings. The van der Waals surface area contributed by atoms with Gasteiger partial charge in [-0.05, 0) is 55.4 Å². The molecule has 0 aliphatic heterocycles. The maximum atomic E-state index is 5.84. The van der Waals surface area contributed by atoms with Crippen LogP contribution in [0.1, 0.15) is 27.7 Å². The number of rotatable bonds is 7. The third-order valence-corrected chi connectivity index (χ3v) is 2.71. The van der Waals surface area contributed by atoms with E-state index in [0.29, 0.717) is 0 Å². The van der Waals surface area contributed by atoms with Crippen LogP contribution in [-0.2, 0) is 0 Å². The van der Waals surface area contributed by atoms with Crippen molar-refractivity contribution in [3.63, 3.8) is 0 Å². The molecule has 2 heteroatoms. The van der Waals surface area contributed by atoms with Crippen LogP contribution in [0.2, 0.25) is 0 Å². The van der Waals surface area contributed by atoms with Gasteiger partial charge in [-0.2, -0.15) is 0 Å². The van der Waals surface area contributed by atoms with Crippen LogP contribution in [0.5, 0.6) is 0 Å². The van der Waals surface area contributed by atoms with Gasteiger partial charge in [-0.25, -0.2) is 0 Å². The molecule has 0 aromatic carbocycles. The van der Waals surface area contributed by atoms with Crippen LogP contribution in [0.15, 0.2) is 0 Å². The van der Waals surface area contributed by atoms with Gasteiger partial charge in [-0.3, -0.25) is 9.80 Å². The molecule has 0 spiro atoms. The van der Waals surface area contributed by atoms with Gasteiger partial charge in [0.1, 0.15) is 0 Å². The Morgan fingerprint density at radius 3 is 0.938 bits per heavy atom. The Morgan fingerprint density at radius 2 is 0.812 bits per heavy atom. The van der Waals surface area contributed by atoms with E-state index < -0.39 is 0 Å². The van der Waals surface area contributed by atoms with Gasteiger partial charge in [-0.15, -0.1) is 0 Å². The first-order valence-corrected chi connectivity index (χ1v) is 5.81. The van der Waals surface area contributed by atoms with Gasteiger partial charge in [0, 0.05) is 37.3 Å². The third kappa shape index (κ3) is 5.31. The standard InChI is InChI=1S/C14H24N2/c1-11(2)15(12(3)4)9-10-16(13(5)6)14(7)8/h1,3,5,7,11-14H,9-10H2,2,4,6,8H3. The van der Waals surface area contributed by atoms with E-state index in [-0.39, 0.29) is 24.2 Å². The molecule has 0 N–H and O–H groups in total. The molecule has 0 aromatic heterocycles. The fourth-order valence-corrected chi connectivity index (χ4v) is 1.79. The minimum atomic E-state index is -0.0667. The van der Waals surface area contributed by atoms with Crippen molar-refractivity contribution in [3.8, 4) is 0 Å². The van der Waals surface area contributed by atoms with E-state index in [1.165, 1.54) is 0 Å². The first-order chi connectivity index (χ1) is 7.27. The second kappa shape index (κ2) is 7.29. The van der Waals surface area contributed by atoms with E-state index in [1.807, 2.05) is 37.5 Å². The Morgan fingerprint density at radius 1 is 0.625 bits per heavy atom. The summed E-state index contributed by atoms with van der Waals surface area (Å²) in [4.78, 5) is 4.02. The second-order valence-corrected chi connectivity index (χ2v) is 4.44. The summed E-state index contributed by atoms with van der Waals surface area (Å²) in [5, 5.41) is 0. The Bertz CT molecular complexity index is 138. The molecule has 0 amide bonds. The van der Waals surface area contributed by atoms with Crippen LogP contribution in [-0.4, -0.2) is 47.1 Å². The maximum absolute atomic E-state index is 5.84. The molecule has 4 atom stereocenters. The van der Waals surface area contributed by atoms with Crippen molar-refractivity contribution in [2.75, 3.05) is 13.1 Å². The minimum absolute atomic E-state index is 0.0667. The molecule has 0 saturated carbocycles. The molecule has 0 bridgehead atoms. The van der Waals surface area contributed by atoms with Gasteiger partial charge in [0.25, 0.3) is 0 Å². The highest BCUT2D eigenvalue weighted by Gasteiger charge is 2.18. The lowest BCUT2D eigenvalue weighted by molar-refractivity contribution is 0.139. The van der Waals surface area contributed by atoms with Crippen molar-refractivity contribution in [1.29, 1.82) is 0 Å². The summed E-state index contributed by atoms with van der Waals surface area (Å²) < 4.78 is 0. The molecular formula is C14H24N2. The van der Waals surface area contributed by atoms with Gasteiger partial charge in [0.15, 0.2) is 0 Å². The summed E-state index contributed by atoms with van der Waals surface area (Å²) in [6.45, 7) is 32.6. The van der Waals surface area contributed by atoms with Crippen molar-refractivity contribution in [3.05, 3.63) is 27.7 Å². The molecule has 0 heterocycles. The predicted molar refractivity (Wildman–Crippen MR) is 68.5 cm³/mol. The number of hydrogen-bond acceptors (Lipinski definition) is 2. The van der Waals surface area contributed by atoms with Crippen molar-refractivity contribution >= 4 is 0 Å². The molecule has 0 fully saturated rings. The second-order valence-electron chi connectivity index (χ2n) is 4.44. The van der Waals surface area contributed by atoms with Gasteiger partial charge in [-0.1, -0.05) is 0 Å². The Hall–Kier alpha value is -0.0800. The van der Waals surface area contributed by atoms with E-state index in [4.69, 9.17) is 27.7 Å². The summed E-state index contributed by atoms with van der Waals surface area (Å²) in [5.41, 5.74) is 0. The highest BCUT2D eigenvalue weighted by atomic mass is 15.2. The average Bonchev–Trinajstić information content (AvgIpc) is 2.09. The monoisotopic (exact) mass is 220 g/mol. The van der Waals surface area contributed by atoms with Gasteiger partial charge in [0.2, 0.25) is 0 Å². The summed E-state index contributed by atoms with van der Waals surface area (Å²) in [7, 11) is 0. The molecule has 0 rings (SSSR count). The van der Waals surface area contributed by atoms with Crippen LogP contribution in [0.25, 0.3) is 0 Å². The highest BCUT2D eigenvalue weighted by Crippen LogP contribution is 2.08. The summed E-state index contributed by atoms with van der Waals surface area (Å²) in [6, 6.07) is -0.267. The summed E-state index contributed by atoms with van der Waals surface area (Å²) >= 11 is 0. The van der Waals surface area contributed by atoms with E-state index in [0.717, 1.165) is 13.1 Å². The molecular weight excluding hydrogens is 196 g/mol. The molecule has 0 aliphatic rings. The predicted octanol–water partition coefficient (Wildman–Crippen LogP) is 1.99. The summed E-state index contributed by atoms with van der Waals surface area (Å²) in [6.07, 6.45) is 0. The van der Waals surface area contributed by atoms with Crippen LogP contribution >= 0.6 is 0 Å². The van der Waals surface area contributed by atoms with E-state index in [1.54, 1.807) is 0 Å². The lowest BCUT2D eigenvalue weighted by atomic mass is 10.2. The van der Waals surface area contributed by atoms with Gasteiger partial charge < -0.3 is 0 Å². The average molecular weight is 220 g/mol. The highest BCUT2D eigenvalue weighted by molar-refractivity contribution is 4.81. The van der Waals surface area contributed by atoms with Crippen molar-refractivity contribution < 1.29 is 0 Å². The Balaban J connectivity index is 4.27. The lowest BCUT2D eigenvalue weighted by Gasteiger charge is -2.35. The van der Waals surface area contributed by atoms with Crippen molar-refractivity contribution in [1.82, 2.24) is 9.80 Å². The van der Waals surface area contributed by atoms with Crippen LogP contribution in [0.3, 0.4) is 0 Å². The van der Waals surface area contributed by atoms with Crippen LogP contribution < -0.4 is 0 Å². The number of nitrogens with zero attached hydrogens (tertiary/aromatic N) is 2. The molecule has 2 nitrogen and oxygen atoms in total. The summed E-state index contributed by atoms with van der Waals surface area (Å²) in [5.74, 6) is 0. The first-order valence-electron chi connectivity index (χ1n) is 5.81. The van der Waals surface area contributed by atoms with E-state index in [2.05, 4.69) is 0 Å². The Labute approximate surface area is 103 Å². The first kappa shape index (κ1) is 15.9. The van der Waals surface area contributed by atoms with E-state index in [9.17, 15) is 0 Å². The molecule has 90 valence electrons. The quantitative estimate of drug-likeness (QED) is 0.647. The van der Waals surface area contributed by atoms with E-state index >= 15 is 0 Å². The topological polar surface area (TPSA) is 6.48 Å². The molecule has 0 saturated heterocycles. The molecule has 0 aliphatic carbocycles. The lowest BCUT2D eigenvalue weighted by Crippen LogP contribution is -2.46. The Kier molecular flexibility index (Phi) is 7.25. The van der Waals surface area contributed by atoms with Crippen molar-refractivity contribution in [2.24, 2.45) is 0 Å². The fraction of sp³-hybridized carbons (Fsp3) is 0.714. The SMILES string of the molecule is [CH]C(C)N(CCN(C([CH])C)C([CH])C)C([CH])C. The number of hydrogen-bond donors (Lipinski definition) is 0. The third-order valence-electron chi connectivity index (χ3n) is 2.71. The zero-order chi connectivity index (χ0) is 12.9. The normalized spacial score (nSPS) is 13.1. The molecule has 4 unspecified atom stereocenters. The van der Waals surface area contributed by atoms with Crippen molar-refractivity contribution in [2.45, 2.75) is 51.9 Å². The zero-order valence-electron chi connectivity index (χ0n) is 10.9. The smallest absolute Gasteiger partial charge is 0.0115 e. The van der Waals surface area contributed by atoms with Gasteiger partial charge in [0.05, 0.1) is 0 Å². The maximum Gasteiger partial charge on any atom is 0.0115 e. The zero-order valence-corrected chi connectivity index (χ0v) is 10.9. The molecule has 8 radical (unpaired) electrons. The van der Waals surface area contributed by atoms with Crippen LogP contribution in [0.4, 0.5) is 0 Å². The fourth-order valence-electron chi connectivity index (χ4n) is 1.79. The molecule has 16 heavy (non-hydrogen) atoms. The van der Waals surface area contributed by atoms with Crippen LogP contribution in [0, 0.1) is 27.7 Å².